The maximum absolute atomic E-state index is 12.0. The molecule has 0 radical (unpaired) electrons. The highest BCUT2D eigenvalue weighted by Gasteiger charge is 2.15. The van der Waals surface area contributed by atoms with Crippen LogP contribution in [-0.4, -0.2) is 39.0 Å². The number of nitrogens with one attached hydrogen (secondary N) is 1. The van der Waals surface area contributed by atoms with Gasteiger partial charge in [0.2, 0.25) is 5.91 Å². The summed E-state index contributed by atoms with van der Waals surface area (Å²) in [7, 11) is 0. The molecule has 1 aliphatic heterocycles. The second kappa shape index (κ2) is 7.39. The molecular weight excluding hydrogens is 334 g/mol. The van der Waals surface area contributed by atoms with Crippen molar-refractivity contribution in [3.05, 3.63) is 24.3 Å². The number of likely N-dealkylation sites (tertiary alicyclic amines) is 1. The van der Waals surface area contributed by atoms with Gasteiger partial charge in [-0.05, 0) is 31.4 Å². The average molecular weight is 352 g/mol. The van der Waals surface area contributed by atoms with Crippen molar-refractivity contribution in [3.63, 3.8) is 0 Å². The first kappa shape index (κ1) is 15.7. The third-order valence-corrected chi connectivity index (χ3v) is 5.96. The topological polar surface area (TPSA) is 45.2 Å². The maximum atomic E-state index is 12.0. The number of benzene rings is 1. The number of hydrogen-bond acceptors (Lipinski definition) is 5. The van der Waals surface area contributed by atoms with Gasteiger partial charge in [-0.1, -0.05) is 47.4 Å². The van der Waals surface area contributed by atoms with E-state index in [0.717, 1.165) is 27.6 Å². The first-order chi connectivity index (χ1) is 10.7. The number of para-hydroxylation sites is 1. The van der Waals surface area contributed by atoms with Crippen LogP contribution in [0.3, 0.4) is 0 Å². The van der Waals surface area contributed by atoms with Gasteiger partial charge in [-0.25, -0.2) is 4.98 Å². The molecule has 0 aliphatic carbocycles. The summed E-state index contributed by atoms with van der Waals surface area (Å²) in [6.45, 7) is 2.04. The molecule has 0 atom stereocenters. The average Bonchev–Trinajstić information content (AvgIpc) is 2.95. The number of piperidine rings is 1. The molecule has 1 aliphatic rings. The largest absolute Gasteiger partial charge is 0.358 e. The molecule has 0 spiro atoms. The van der Waals surface area contributed by atoms with E-state index in [1.807, 2.05) is 24.3 Å². The summed E-state index contributed by atoms with van der Waals surface area (Å²) < 4.78 is 1.91. The van der Waals surface area contributed by atoms with Gasteiger partial charge >= 0.3 is 0 Å². The normalized spacial score (nSPS) is 15.0. The molecule has 3 rings (SSSR count). The van der Waals surface area contributed by atoms with Crippen molar-refractivity contribution in [3.8, 4) is 0 Å². The van der Waals surface area contributed by atoms with Gasteiger partial charge in [0.25, 0.3) is 0 Å². The number of fused-ring (bicyclic) bond motifs is 1. The van der Waals surface area contributed by atoms with Gasteiger partial charge in [0.05, 0.1) is 16.0 Å². The molecule has 1 amide bonds. The summed E-state index contributed by atoms with van der Waals surface area (Å²) in [5, 5.41) is 3.51. The highest BCUT2D eigenvalue weighted by atomic mass is 32.2. The Morgan fingerprint density at radius 2 is 2.09 bits per heavy atom. The third-order valence-electron chi connectivity index (χ3n) is 3.48. The molecular formula is C15H17N3OS3. The second-order valence-corrected chi connectivity index (χ2v) is 7.78. The number of thiocarbonyl (C=S) groups is 1. The quantitative estimate of drug-likeness (QED) is 0.854. The van der Waals surface area contributed by atoms with Gasteiger partial charge in [-0.15, -0.1) is 0 Å². The smallest absolute Gasteiger partial charge is 0.236 e. The van der Waals surface area contributed by atoms with Gasteiger partial charge in [0.1, 0.15) is 4.32 Å². The number of hydrogen-bond donors (Lipinski definition) is 1. The van der Waals surface area contributed by atoms with Crippen molar-refractivity contribution in [2.45, 2.75) is 19.3 Å². The molecule has 0 unspecified atom stereocenters. The lowest BCUT2D eigenvalue weighted by molar-refractivity contribution is -0.113. The van der Waals surface area contributed by atoms with Gasteiger partial charge in [0, 0.05) is 13.1 Å². The number of rotatable bonds is 3. The lowest BCUT2D eigenvalue weighted by Gasteiger charge is -2.28. The molecule has 4 nitrogen and oxygen atoms in total. The van der Waals surface area contributed by atoms with Crippen molar-refractivity contribution in [2.24, 2.45) is 0 Å². The van der Waals surface area contributed by atoms with Crippen LogP contribution in [0.15, 0.2) is 24.3 Å². The minimum atomic E-state index is -0.0524. The Bertz CT molecular complexity index is 646. The van der Waals surface area contributed by atoms with E-state index in [4.69, 9.17) is 12.2 Å². The number of nitrogens with zero attached hydrogens (tertiary/aromatic N) is 2. The first-order valence-electron chi connectivity index (χ1n) is 7.29. The van der Waals surface area contributed by atoms with E-state index >= 15 is 0 Å². The van der Waals surface area contributed by atoms with E-state index in [1.54, 1.807) is 0 Å². The van der Waals surface area contributed by atoms with Crippen LogP contribution in [-0.2, 0) is 4.79 Å². The Morgan fingerprint density at radius 3 is 2.86 bits per heavy atom. The predicted octanol–water partition coefficient (Wildman–Crippen LogP) is 3.74. The van der Waals surface area contributed by atoms with Crippen LogP contribution >= 0.6 is 35.3 Å². The van der Waals surface area contributed by atoms with Gasteiger partial charge in [-0.2, -0.15) is 0 Å². The van der Waals surface area contributed by atoms with Gasteiger partial charge in [-0.3, -0.25) is 4.79 Å². The Balaban J connectivity index is 1.50. The lowest BCUT2D eigenvalue weighted by Crippen LogP contribution is -2.33. The summed E-state index contributed by atoms with van der Waals surface area (Å²) in [6, 6.07) is 7.87. The molecule has 116 valence electrons. The maximum Gasteiger partial charge on any atom is 0.236 e. The van der Waals surface area contributed by atoms with Crippen LogP contribution in [0.4, 0.5) is 5.13 Å². The minimum absolute atomic E-state index is 0.0524. The first-order valence-corrected chi connectivity index (χ1v) is 9.50. The van der Waals surface area contributed by atoms with Crippen LogP contribution in [0, 0.1) is 0 Å². The van der Waals surface area contributed by atoms with E-state index < -0.39 is 0 Å². The Morgan fingerprint density at radius 1 is 1.32 bits per heavy atom. The Kier molecular flexibility index (Phi) is 5.28. The molecule has 22 heavy (non-hydrogen) atoms. The van der Waals surface area contributed by atoms with Crippen molar-refractivity contribution in [1.82, 2.24) is 9.88 Å². The molecule has 0 saturated carbocycles. The molecule has 1 aromatic heterocycles. The molecule has 1 aromatic carbocycles. The Hall–Kier alpha value is -1.18. The zero-order valence-corrected chi connectivity index (χ0v) is 14.5. The van der Waals surface area contributed by atoms with Crippen molar-refractivity contribution in [1.29, 1.82) is 0 Å². The van der Waals surface area contributed by atoms with E-state index in [-0.39, 0.29) is 5.91 Å². The monoisotopic (exact) mass is 351 g/mol. The van der Waals surface area contributed by atoms with E-state index in [9.17, 15) is 4.79 Å². The molecule has 0 bridgehead atoms. The lowest BCUT2D eigenvalue weighted by atomic mass is 10.1. The molecule has 1 N–H and O–H groups in total. The Labute approximate surface area is 143 Å². The molecule has 7 heteroatoms. The molecule has 1 fully saturated rings. The van der Waals surface area contributed by atoms with Gasteiger partial charge in [0.15, 0.2) is 5.13 Å². The number of aromatic nitrogens is 1. The number of carbonyl (C=O) groups excluding carboxylic acids is 1. The van der Waals surface area contributed by atoms with Crippen molar-refractivity contribution < 1.29 is 4.79 Å². The fraction of sp³-hybridized carbons (Fsp3) is 0.400. The fourth-order valence-electron chi connectivity index (χ4n) is 2.38. The standard InChI is InChI=1S/C15H17N3OS3/c19-13(10-21-15(20)18-8-4-1-5-9-18)17-14-16-11-6-2-3-7-12(11)22-14/h2-3,6-7H,1,4-5,8-10H2,(H,16,17,19). The number of thioether (sulfide) groups is 1. The highest BCUT2D eigenvalue weighted by Crippen LogP contribution is 2.25. The third kappa shape index (κ3) is 3.97. The zero-order chi connectivity index (χ0) is 15.4. The van der Waals surface area contributed by atoms with Crippen molar-refractivity contribution in [2.75, 3.05) is 24.2 Å². The summed E-state index contributed by atoms with van der Waals surface area (Å²) in [5.74, 6) is 0.286. The minimum Gasteiger partial charge on any atom is -0.358 e. The zero-order valence-electron chi connectivity index (χ0n) is 12.1. The van der Waals surface area contributed by atoms with E-state index in [1.165, 1.54) is 42.4 Å². The highest BCUT2D eigenvalue weighted by molar-refractivity contribution is 8.23. The number of amides is 1. The summed E-state index contributed by atoms with van der Waals surface area (Å²) >= 11 is 8.34. The summed E-state index contributed by atoms with van der Waals surface area (Å²) in [6.07, 6.45) is 3.67. The molecule has 2 aromatic rings. The summed E-state index contributed by atoms with van der Waals surface area (Å²) in [5.41, 5.74) is 0.916. The van der Waals surface area contributed by atoms with Crippen LogP contribution in [0.1, 0.15) is 19.3 Å². The second-order valence-electron chi connectivity index (χ2n) is 5.14. The van der Waals surface area contributed by atoms with Crippen LogP contribution in [0.5, 0.6) is 0 Å². The van der Waals surface area contributed by atoms with Gasteiger partial charge < -0.3 is 10.2 Å². The number of thiazole rings is 1. The van der Waals surface area contributed by atoms with Crippen LogP contribution in [0.25, 0.3) is 10.2 Å². The SMILES string of the molecule is O=C(CSC(=S)N1CCCCC1)Nc1nc2ccccc2s1. The number of anilines is 1. The van der Waals surface area contributed by atoms with E-state index in [0.29, 0.717) is 10.9 Å². The van der Waals surface area contributed by atoms with Crippen LogP contribution < -0.4 is 5.32 Å². The molecule has 2 heterocycles. The van der Waals surface area contributed by atoms with Crippen LogP contribution in [0.2, 0.25) is 0 Å². The van der Waals surface area contributed by atoms with Crippen molar-refractivity contribution >= 4 is 60.9 Å². The fourth-order valence-corrected chi connectivity index (χ4v) is 4.31. The van der Waals surface area contributed by atoms with E-state index in [2.05, 4.69) is 15.2 Å². The predicted molar refractivity (Wildman–Crippen MR) is 98.7 cm³/mol. The number of carbonyl (C=O) groups is 1. The summed E-state index contributed by atoms with van der Waals surface area (Å²) in [4.78, 5) is 18.6. The molecule has 1 saturated heterocycles.